The Morgan fingerprint density at radius 2 is 1.67 bits per heavy atom. The van der Waals surface area contributed by atoms with Crippen molar-refractivity contribution < 1.29 is 8.42 Å². The quantitative estimate of drug-likeness (QED) is 0.907. The Kier molecular flexibility index (Phi) is 4.33. The van der Waals surface area contributed by atoms with Crippen molar-refractivity contribution in [3.05, 3.63) is 42.5 Å². The lowest BCUT2D eigenvalue weighted by molar-refractivity contribution is 0.288. The number of hydrogen-bond donors (Lipinski definition) is 1. The van der Waals surface area contributed by atoms with Crippen LogP contribution in [0.3, 0.4) is 0 Å². The third-order valence-electron chi connectivity index (χ3n) is 5.20. The predicted octanol–water partition coefficient (Wildman–Crippen LogP) is 2.99. The highest BCUT2D eigenvalue weighted by atomic mass is 32.2. The largest absolute Gasteiger partial charge is 0.314 e. The summed E-state index contributed by atoms with van der Waals surface area (Å²) in [6, 6.07) is 13.8. The van der Waals surface area contributed by atoms with Gasteiger partial charge in [-0.25, -0.2) is 8.42 Å². The summed E-state index contributed by atoms with van der Waals surface area (Å²) in [4.78, 5) is 0.408. The van der Waals surface area contributed by atoms with Crippen LogP contribution in [0, 0.1) is 5.92 Å². The predicted molar refractivity (Wildman–Crippen MR) is 96.5 cm³/mol. The first-order chi connectivity index (χ1) is 11.6. The first kappa shape index (κ1) is 16.1. The maximum Gasteiger partial charge on any atom is 0.243 e. The Morgan fingerprint density at radius 1 is 0.958 bits per heavy atom. The normalized spacial score (nSPS) is 20.5. The van der Waals surface area contributed by atoms with Crippen LogP contribution in [0.4, 0.5) is 0 Å². The fourth-order valence-electron chi connectivity index (χ4n) is 3.43. The lowest BCUT2D eigenvalue weighted by Gasteiger charge is -2.31. The SMILES string of the molecule is O=S(=O)(c1ccc2ccccc2c1)N1CCC(NCC2CC2)CC1. The van der Waals surface area contributed by atoms with Crippen LogP contribution in [-0.4, -0.2) is 38.4 Å². The fourth-order valence-corrected chi connectivity index (χ4v) is 4.94. The average Bonchev–Trinajstić information content (AvgIpc) is 3.44. The number of nitrogens with one attached hydrogen (secondary N) is 1. The van der Waals surface area contributed by atoms with Gasteiger partial charge in [-0.05, 0) is 61.1 Å². The highest BCUT2D eigenvalue weighted by Crippen LogP contribution is 2.28. The van der Waals surface area contributed by atoms with Crippen LogP contribution in [-0.2, 0) is 10.0 Å². The van der Waals surface area contributed by atoms with Crippen molar-refractivity contribution in [2.24, 2.45) is 5.92 Å². The molecule has 0 bridgehead atoms. The van der Waals surface area contributed by atoms with Gasteiger partial charge in [0.05, 0.1) is 4.90 Å². The summed E-state index contributed by atoms with van der Waals surface area (Å²) in [5.74, 6) is 0.865. The van der Waals surface area contributed by atoms with Crippen molar-refractivity contribution in [3.63, 3.8) is 0 Å². The third kappa shape index (κ3) is 3.34. The molecule has 5 heteroatoms. The first-order valence-corrected chi connectivity index (χ1v) is 10.3. The lowest BCUT2D eigenvalue weighted by atomic mass is 10.1. The zero-order valence-electron chi connectivity index (χ0n) is 13.8. The molecule has 4 nitrogen and oxygen atoms in total. The van der Waals surface area contributed by atoms with E-state index in [0.717, 1.165) is 36.1 Å². The molecule has 1 aliphatic carbocycles. The second kappa shape index (κ2) is 6.47. The second-order valence-electron chi connectivity index (χ2n) is 7.04. The van der Waals surface area contributed by atoms with E-state index >= 15 is 0 Å². The molecule has 1 heterocycles. The summed E-state index contributed by atoms with van der Waals surface area (Å²) >= 11 is 0. The van der Waals surface area contributed by atoms with Gasteiger partial charge in [0.1, 0.15) is 0 Å². The van der Waals surface area contributed by atoms with E-state index in [-0.39, 0.29) is 0 Å². The minimum Gasteiger partial charge on any atom is -0.314 e. The van der Waals surface area contributed by atoms with Crippen LogP contribution in [0.25, 0.3) is 10.8 Å². The van der Waals surface area contributed by atoms with E-state index in [0.29, 0.717) is 24.0 Å². The molecule has 0 spiro atoms. The molecule has 2 aromatic rings. The smallest absolute Gasteiger partial charge is 0.243 e. The van der Waals surface area contributed by atoms with E-state index in [1.54, 1.807) is 16.4 Å². The van der Waals surface area contributed by atoms with Crippen LogP contribution >= 0.6 is 0 Å². The van der Waals surface area contributed by atoms with Crippen molar-refractivity contribution in [1.82, 2.24) is 9.62 Å². The Hall–Kier alpha value is -1.43. The fraction of sp³-hybridized carbons (Fsp3) is 0.474. The standard InChI is InChI=1S/C19H24N2O2S/c22-24(23,19-8-7-16-3-1-2-4-17(16)13-19)21-11-9-18(10-12-21)20-14-15-5-6-15/h1-4,7-8,13,15,18,20H,5-6,9-12,14H2. The Labute approximate surface area is 143 Å². The summed E-state index contributed by atoms with van der Waals surface area (Å²) in [5.41, 5.74) is 0. The van der Waals surface area contributed by atoms with Gasteiger partial charge >= 0.3 is 0 Å². The maximum atomic E-state index is 12.9. The maximum absolute atomic E-state index is 12.9. The molecule has 2 aliphatic rings. The first-order valence-electron chi connectivity index (χ1n) is 8.85. The van der Waals surface area contributed by atoms with E-state index in [1.807, 2.05) is 30.3 Å². The number of benzene rings is 2. The van der Waals surface area contributed by atoms with E-state index in [1.165, 1.54) is 12.8 Å². The highest BCUT2D eigenvalue weighted by Gasteiger charge is 2.30. The minimum absolute atomic E-state index is 0.408. The van der Waals surface area contributed by atoms with E-state index < -0.39 is 10.0 Å². The Morgan fingerprint density at radius 3 is 2.38 bits per heavy atom. The van der Waals surface area contributed by atoms with Crippen molar-refractivity contribution in [2.45, 2.75) is 36.6 Å². The van der Waals surface area contributed by atoms with Gasteiger partial charge < -0.3 is 5.32 Å². The average molecular weight is 344 g/mol. The van der Waals surface area contributed by atoms with Gasteiger partial charge in [0.15, 0.2) is 0 Å². The summed E-state index contributed by atoms with van der Waals surface area (Å²) < 4.78 is 27.5. The molecule has 1 N–H and O–H groups in total. The molecule has 0 amide bonds. The van der Waals surface area contributed by atoms with E-state index in [2.05, 4.69) is 5.32 Å². The molecule has 1 saturated heterocycles. The minimum atomic E-state index is -3.39. The van der Waals surface area contributed by atoms with Crippen LogP contribution in [0.2, 0.25) is 0 Å². The molecule has 1 aliphatic heterocycles. The number of sulfonamides is 1. The van der Waals surface area contributed by atoms with Gasteiger partial charge in [-0.3, -0.25) is 0 Å². The monoisotopic (exact) mass is 344 g/mol. The zero-order chi connectivity index (χ0) is 16.6. The van der Waals surface area contributed by atoms with Crippen LogP contribution < -0.4 is 5.32 Å². The highest BCUT2D eigenvalue weighted by molar-refractivity contribution is 7.89. The van der Waals surface area contributed by atoms with Gasteiger partial charge in [0.25, 0.3) is 0 Å². The number of piperidine rings is 1. The van der Waals surface area contributed by atoms with Crippen LogP contribution in [0.15, 0.2) is 47.4 Å². The molecule has 24 heavy (non-hydrogen) atoms. The molecule has 1 saturated carbocycles. The van der Waals surface area contributed by atoms with Crippen molar-refractivity contribution in [3.8, 4) is 0 Å². The summed E-state index contributed by atoms with van der Waals surface area (Å²) in [6.07, 6.45) is 4.50. The zero-order valence-corrected chi connectivity index (χ0v) is 14.6. The van der Waals surface area contributed by atoms with Gasteiger partial charge in [0.2, 0.25) is 10.0 Å². The summed E-state index contributed by atoms with van der Waals surface area (Å²) in [6.45, 7) is 2.32. The number of hydrogen-bond acceptors (Lipinski definition) is 3. The van der Waals surface area contributed by atoms with E-state index in [9.17, 15) is 8.42 Å². The molecule has 0 aromatic heterocycles. The van der Waals surface area contributed by atoms with Gasteiger partial charge in [-0.2, -0.15) is 4.31 Å². The van der Waals surface area contributed by atoms with Crippen LogP contribution in [0.1, 0.15) is 25.7 Å². The number of fused-ring (bicyclic) bond motifs is 1. The van der Waals surface area contributed by atoms with Crippen molar-refractivity contribution >= 4 is 20.8 Å². The van der Waals surface area contributed by atoms with Gasteiger partial charge in [-0.15, -0.1) is 0 Å². The molecular formula is C19H24N2O2S. The topological polar surface area (TPSA) is 49.4 Å². The summed E-state index contributed by atoms with van der Waals surface area (Å²) in [7, 11) is -3.39. The number of nitrogens with zero attached hydrogens (tertiary/aromatic N) is 1. The molecule has 0 atom stereocenters. The molecule has 0 unspecified atom stereocenters. The molecule has 128 valence electrons. The van der Waals surface area contributed by atoms with Gasteiger partial charge in [-0.1, -0.05) is 30.3 Å². The third-order valence-corrected chi connectivity index (χ3v) is 7.10. The van der Waals surface area contributed by atoms with E-state index in [4.69, 9.17) is 0 Å². The van der Waals surface area contributed by atoms with Crippen molar-refractivity contribution in [1.29, 1.82) is 0 Å². The summed E-state index contributed by atoms with van der Waals surface area (Å²) in [5, 5.41) is 5.64. The number of rotatable bonds is 5. The molecule has 2 aromatic carbocycles. The molecule has 4 rings (SSSR count). The van der Waals surface area contributed by atoms with Crippen molar-refractivity contribution in [2.75, 3.05) is 19.6 Å². The van der Waals surface area contributed by atoms with Crippen LogP contribution in [0.5, 0.6) is 0 Å². The Balaban J connectivity index is 1.45. The molecule has 0 radical (unpaired) electrons. The van der Waals surface area contributed by atoms with Gasteiger partial charge in [0, 0.05) is 19.1 Å². The second-order valence-corrected chi connectivity index (χ2v) is 8.98. The molecular weight excluding hydrogens is 320 g/mol. The Bertz CT molecular complexity index is 822. The lowest BCUT2D eigenvalue weighted by Crippen LogP contribution is -2.45. The molecule has 2 fully saturated rings.